The lowest BCUT2D eigenvalue weighted by molar-refractivity contribution is -0.129. The molecular formula is C12H22N4O2. The smallest absolute Gasteiger partial charge is 0.254 e. The fourth-order valence-electron chi connectivity index (χ4n) is 1.15. The molecule has 0 spiro atoms. The Labute approximate surface area is 108 Å². The van der Waals surface area contributed by atoms with Gasteiger partial charge in [-0.15, -0.1) is 0 Å². The van der Waals surface area contributed by atoms with Crippen LogP contribution in [0.2, 0.25) is 0 Å². The molecule has 102 valence electrons. The fourth-order valence-corrected chi connectivity index (χ4v) is 1.15. The predicted octanol–water partition coefficient (Wildman–Crippen LogP) is 0.477. The van der Waals surface area contributed by atoms with Gasteiger partial charge in [0, 0.05) is 14.1 Å². The summed E-state index contributed by atoms with van der Waals surface area (Å²) in [4.78, 5) is 31.0. The molecule has 1 N–H and O–H groups in total. The molecule has 6 nitrogen and oxygen atoms in total. The number of carbonyl (C=O) groups excluding carboxylic acids is 2. The maximum Gasteiger partial charge on any atom is 0.254 e. The molecule has 0 aromatic heterocycles. The Hall–Kier alpha value is -1.72. The highest BCUT2D eigenvalue weighted by Crippen LogP contribution is 2.15. The van der Waals surface area contributed by atoms with Crippen LogP contribution in [-0.2, 0) is 9.59 Å². The topological polar surface area (TPSA) is 74.1 Å². The zero-order valence-electron chi connectivity index (χ0n) is 11.9. The van der Waals surface area contributed by atoms with Gasteiger partial charge in [-0.25, -0.2) is 0 Å². The van der Waals surface area contributed by atoms with E-state index in [1.165, 1.54) is 4.90 Å². The van der Waals surface area contributed by atoms with Crippen molar-refractivity contribution in [1.82, 2.24) is 10.2 Å². The summed E-state index contributed by atoms with van der Waals surface area (Å²) in [5, 5.41) is 2.48. The van der Waals surface area contributed by atoms with Crippen LogP contribution in [0.5, 0.6) is 0 Å². The van der Waals surface area contributed by atoms with Gasteiger partial charge in [-0.1, -0.05) is 0 Å². The second-order valence-electron chi connectivity index (χ2n) is 5.02. The van der Waals surface area contributed by atoms with E-state index in [2.05, 4.69) is 22.0 Å². The number of carbonyl (C=O) groups is 2. The van der Waals surface area contributed by atoms with Crippen LogP contribution >= 0.6 is 0 Å². The first-order valence-electron chi connectivity index (χ1n) is 5.61. The van der Waals surface area contributed by atoms with Gasteiger partial charge in [-0.2, -0.15) is 0 Å². The van der Waals surface area contributed by atoms with Gasteiger partial charge in [0.1, 0.15) is 11.1 Å². The predicted molar refractivity (Wildman–Crippen MR) is 73.0 cm³/mol. The Kier molecular flexibility index (Phi) is 5.20. The van der Waals surface area contributed by atoms with Gasteiger partial charge in [0.15, 0.2) is 0 Å². The van der Waals surface area contributed by atoms with E-state index in [-0.39, 0.29) is 11.8 Å². The van der Waals surface area contributed by atoms with Crippen molar-refractivity contribution in [1.29, 1.82) is 0 Å². The van der Waals surface area contributed by atoms with Crippen LogP contribution in [0.15, 0.2) is 9.98 Å². The molecule has 2 amide bonds. The van der Waals surface area contributed by atoms with Crippen molar-refractivity contribution in [2.75, 3.05) is 14.1 Å². The van der Waals surface area contributed by atoms with Crippen molar-refractivity contribution >= 4 is 24.9 Å². The minimum atomic E-state index is -0.686. The van der Waals surface area contributed by atoms with E-state index in [0.717, 1.165) is 0 Å². The van der Waals surface area contributed by atoms with Crippen LogP contribution in [0, 0.1) is 0 Å². The van der Waals surface area contributed by atoms with Crippen LogP contribution in [-0.4, -0.2) is 54.9 Å². The fraction of sp³-hybridized carbons (Fsp3) is 0.667. The minimum absolute atomic E-state index is 0.0579. The Bertz CT molecular complexity index is 370. The molecule has 0 atom stereocenters. The Balaban J connectivity index is 0.000000321. The zero-order chi connectivity index (χ0) is 14.6. The van der Waals surface area contributed by atoms with Gasteiger partial charge in [0.05, 0.1) is 6.34 Å². The standard InChI is InChI=1S/C6H10N2O.C6H12N2O/c1-6(2)5(9)8(3)4-7-6;1-6(2,8-4)5(9)7-3/h4H,1-3H3;4H2,1-3H3,(H,7,9). The van der Waals surface area contributed by atoms with Gasteiger partial charge in [0.25, 0.3) is 5.91 Å². The van der Waals surface area contributed by atoms with Crippen LogP contribution < -0.4 is 5.32 Å². The van der Waals surface area contributed by atoms with Gasteiger partial charge >= 0.3 is 0 Å². The summed E-state index contributed by atoms with van der Waals surface area (Å²) in [6, 6.07) is 0. The lowest BCUT2D eigenvalue weighted by Crippen LogP contribution is -2.38. The first-order chi connectivity index (χ1) is 8.08. The number of aliphatic imine (C=N–C) groups is 2. The molecule has 1 aliphatic heterocycles. The molecule has 0 fully saturated rings. The second kappa shape index (κ2) is 5.75. The van der Waals surface area contributed by atoms with E-state index in [1.807, 2.05) is 0 Å². The maximum atomic E-state index is 11.0. The number of likely N-dealkylation sites (N-methyl/N-ethyl adjacent to an activating group) is 2. The van der Waals surface area contributed by atoms with E-state index in [9.17, 15) is 9.59 Å². The molecule has 0 aliphatic carbocycles. The third-order valence-electron chi connectivity index (χ3n) is 2.58. The van der Waals surface area contributed by atoms with Crippen molar-refractivity contribution in [2.24, 2.45) is 9.98 Å². The van der Waals surface area contributed by atoms with E-state index in [1.54, 1.807) is 48.1 Å². The molecule has 1 aliphatic rings. The Morgan fingerprint density at radius 3 is 2.17 bits per heavy atom. The van der Waals surface area contributed by atoms with E-state index >= 15 is 0 Å². The zero-order valence-corrected chi connectivity index (χ0v) is 11.9. The van der Waals surface area contributed by atoms with Gasteiger partial charge in [-0.3, -0.25) is 19.6 Å². The highest BCUT2D eigenvalue weighted by molar-refractivity contribution is 5.98. The largest absolute Gasteiger partial charge is 0.357 e. The third kappa shape index (κ3) is 3.94. The molecule has 0 radical (unpaired) electrons. The molecule has 6 heteroatoms. The number of amides is 2. The van der Waals surface area contributed by atoms with Gasteiger partial charge in [-0.05, 0) is 34.4 Å². The van der Waals surface area contributed by atoms with Crippen LogP contribution in [0.3, 0.4) is 0 Å². The number of nitrogens with zero attached hydrogens (tertiary/aromatic N) is 3. The summed E-state index contributed by atoms with van der Waals surface area (Å²) in [5.41, 5.74) is -1.20. The number of hydrogen-bond acceptors (Lipinski definition) is 4. The van der Waals surface area contributed by atoms with Crippen molar-refractivity contribution in [3.8, 4) is 0 Å². The molecular weight excluding hydrogens is 232 g/mol. The van der Waals surface area contributed by atoms with Crippen LogP contribution in [0.25, 0.3) is 0 Å². The molecule has 0 aromatic rings. The minimum Gasteiger partial charge on any atom is -0.357 e. The quantitative estimate of drug-likeness (QED) is 0.728. The van der Waals surface area contributed by atoms with Gasteiger partial charge < -0.3 is 10.2 Å². The Morgan fingerprint density at radius 2 is 2.06 bits per heavy atom. The lowest BCUT2D eigenvalue weighted by atomic mass is 10.1. The maximum absolute atomic E-state index is 11.0. The van der Waals surface area contributed by atoms with Crippen molar-refractivity contribution in [2.45, 2.75) is 38.8 Å². The van der Waals surface area contributed by atoms with Crippen LogP contribution in [0.4, 0.5) is 0 Å². The number of nitrogens with one attached hydrogen (secondary N) is 1. The van der Waals surface area contributed by atoms with E-state index in [4.69, 9.17) is 0 Å². The van der Waals surface area contributed by atoms with Gasteiger partial charge in [0.2, 0.25) is 5.91 Å². The summed E-state index contributed by atoms with van der Waals surface area (Å²) >= 11 is 0. The normalized spacial score (nSPS) is 17.0. The average Bonchev–Trinajstić information content (AvgIpc) is 2.56. The lowest BCUT2D eigenvalue weighted by Gasteiger charge is -2.15. The summed E-state index contributed by atoms with van der Waals surface area (Å²) < 4.78 is 0. The summed E-state index contributed by atoms with van der Waals surface area (Å²) in [6.45, 7) is 10.3. The van der Waals surface area contributed by atoms with Crippen molar-refractivity contribution < 1.29 is 9.59 Å². The summed E-state index contributed by atoms with van der Waals surface area (Å²) in [6.07, 6.45) is 1.56. The molecule has 18 heavy (non-hydrogen) atoms. The van der Waals surface area contributed by atoms with Crippen molar-refractivity contribution in [3.63, 3.8) is 0 Å². The average molecular weight is 254 g/mol. The highest BCUT2D eigenvalue weighted by atomic mass is 16.2. The SMILES string of the molecule is C=NC(C)(C)C(=O)NC.CN1C=NC(C)(C)C1=O. The molecule has 0 bridgehead atoms. The Morgan fingerprint density at radius 1 is 1.56 bits per heavy atom. The third-order valence-corrected chi connectivity index (χ3v) is 2.58. The first kappa shape index (κ1) is 16.3. The van der Waals surface area contributed by atoms with Crippen molar-refractivity contribution in [3.05, 3.63) is 0 Å². The number of rotatable bonds is 2. The summed E-state index contributed by atoms with van der Waals surface area (Å²) in [5.74, 6) is -0.0556. The molecule has 1 rings (SSSR count). The van der Waals surface area contributed by atoms with E-state index in [0.29, 0.717) is 0 Å². The first-order valence-corrected chi connectivity index (χ1v) is 5.61. The molecule has 0 unspecified atom stereocenters. The molecule has 0 saturated carbocycles. The van der Waals surface area contributed by atoms with E-state index < -0.39 is 11.1 Å². The molecule has 0 aromatic carbocycles. The molecule has 0 saturated heterocycles. The summed E-state index contributed by atoms with van der Waals surface area (Å²) in [7, 11) is 3.29. The second-order valence-corrected chi connectivity index (χ2v) is 5.02. The highest BCUT2D eigenvalue weighted by Gasteiger charge is 2.33. The van der Waals surface area contributed by atoms with Crippen LogP contribution in [0.1, 0.15) is 27.7 Å². The monoisotopic (exact) mass is 254 g/mol. The molecule has 1 heterocycles. The number of hydrogen-bond donors (Lipinski definition) is 1.